The van der Waals surface area contributed by atoms with Gasteiger partial charge in [0.2, 0.25) is 0 Å². The predicted octanol–water partition coefficient (Wildman–Crippen LogP) is 3.28. The molecule has 4 nitrogen and oxygen atoms in total. The van der Waals surface area contributed by atoms with Crippen molar-refractivity contribution in [2.45, 2.75) is 19.4 Å². The van der Waals surface area contributed by atoms with Gasteiger partial charge >= 0.3 is 6.36 Å². The summed E-state index contributed by atoms with van der Waals surface area (Å²) in [6, 6.07) is 3.38. The molecule has 0 aliphatic rings. The molecule has 0 bridgehead atoms. The lowest BCUT2D eigenvalue weighted by Crippen LogP contribution is -2.17. The van der Waals surface area contributed by atoms with Crippen LogP contribution in [0.3, 0.4) is 0 Å². The van der Waals surface area contributed by atoms with Crippen LogP contribution < -0.4 is 4.74 Å². The Kier molecular flexibility index (Phi) is 4.70. The third-order valence-corrected chi connectivity index (χ3v) is 2.90. The highest BCUT2D eigenvalue weighted by atomic mass is 35.5. The van der Waals surface area contributed by atoms with Crippen LogP contribution >= 0.6 is 11.6 Å². The fourth-order valence-corrected chi connectivity index (χ4v) is 2.16. The van der Waals surface area contributed by atoms with Crippen LogP contribution in [0.1, 0.15) is 18.6 Å². The van der Waals surface area contributed by atoms with E-state index in [-0.39, 0.29) is 5.02 Å². The summed E-state index contributed by atoms with van der Waals surface area (Å²) in [5.74, 6) is -0.565. The van der Waals surface area contributed by atoms with E-state index in [1.807, 2.05) is 0 Å². The summed E-state index contributed by atoms with van der Waals surface area (Å²) in [6.07, 6.45) is -4.85. The van der Waals surface area contributed by atoms with Crippen molar-refractivity contribution in [3.05, 3.63) is 28.8 Å². The zero-order valence-corrected chi connectivity index (χ0v) is 11.4. The SMILES string of the molecule is CC(OS(C)(=O)=O)c1ccc(OC(F)(F)F)c(Cl)c1. The van der Waals surface area contributed by atoms with E-state index in [0.29, 0.717) is 5.56 Å². The van der Waals surface area contributed by atoms with E-state index < -0.39 is 28.3 Å². The summed E-state index contributed by atoms with van der Waals surface area (Å²) in [6.45, 7) is 1.43. The normalized spacial score (nSPS) is 14.2. The van der Waals surface area contributed by atoms with E-state index in [9.17, 15) is 21.6 Å². The minimum Gasteiger partial charge on any atom is -0.404 e. The fraction of sp³-hybridized carbons (Fsp3) is 0.400. The van der Waals surface area contributed by atoms with Gasteiger partial charge in [-0.05, 0) is 24.6 Å². The molecule has 0 N–H and O–H groups in total. The smallest absolute Gasteiger partial charge is 0.404 e. The highest BCUT2D eigenvalue weighted by molar-refractivity contribution is 7.86. The molecule has 0 amide bonds. The topological polar surface area (TPSA) is 52.6 Å². The van der Waals surface area contributed by atoms with Crippen molar-refractivity contribution < 1.29 is 30.5 Å². The first-order valence-corrected chi connectivity index (χ1v) is 7.11. The van der Waals surface area contributed by atoms with E-state index in [4.69, 9.17) is 11.6 Å². The van der Waals surface area contributed by atoms with Crippen LogP contribution in [0.2, 0.25) is 5.02 Å². The lowest BCUT2D eigenvalue weighted by atomic mass is 10.1. The number of ether oxygens (including phenoxy) is 1. The number of hydrogen-bond acceptors (Lipinski definition) is 4. The lowest BCUT2D eigenvalue weighted by molar-refractivity contribution is -0.274. The Labute approximate surface area is 113 Å². The van der Waals surface area contributed by atoms with Crippen molar-refractivity contribution in [3.8, 4) is 5.75 Å². The maximum atomic E-state index is 12.0. The van der Waals surface area contributed by atoms with Crippen molar-refractivity contribution in [2.75, 3.05) is 6.26 Å². The summed E-state index contributed by atoms with van der Waals surface area (Å²) in [5, 5.41) is -0.293. The zero-order chi connectivity index (χ0) is 14.8. The molecule has 1 unspecified atom stereocenters. The maximum Gasteiger partial charge on any atom is 0.573 e. The quantitative estimate of drug-likeness (QED) is 0.799. The molecule has 0 saturated carbocycles. The van der Waals surface area contributed by atoms with Crippen LogP contribution in [0.15, 0.2) is 18.2 Å². The van der Waals surface area contributed by atoms with Gasteiger partial charge in [0, 0.05) is 0 Å². The molecule has 1 aromatic rings. The Morgan fingerprint density at radius 2 is 1.89 bits per heavy atom. The molecule has 0 spiro atoms. The molecule has 0 aliphatic heterocycles. The summed E-state index contributed by atoms with van der Waals surface area (Å²) < 4.78 is 66.3. The number of rotatable bonds is 4. The van der Waals surface area contributed by atoms with Gasteiger partial charge in [-0.1, -0.05) is 17.7 Å². The van der Waals surface area contributed by atoms with E-state index in [1.54, 1.807) is 0 Å². The van der Waals surface area contributed by atoms with Crippen LogP contribution in [0.25, 0.3) is 0 Å². The predicted molar refractivity (Wildman–Crippen MR) is 62.5 cm³/mol. The monoisotopic (exact) mass is 318 g/mol. The van der Waals surface area contributed by atoms with Crippen LogP contribution in [-0.2, 0) is 14.3 Å². The number of hydrogen-bond donors (Lipinski definition) is 0. The molecule has 0 aliphatic carbocycles. The molecule has 0 radical (unpaired) electrons. The van der Waals surface area contributed by atoms with E-state index in [1.165, 1.54) is 13.0 Å². The molecule has 0 heterocycles. The van der Waals surface area contributed by atoms with Crippen LogP contribution in [-0.4, -0.2) is 21.0 Å². The molecule has 19 heavy (non-hydrogen) atoms. The van der Waals surface area contributed by atoms with Gasteiger partial charge in [-0.2, -0.15) is 8.42 Å². The van der Waals surface area contributed by atoms with Gasteiger partial charge < -0.3 is 4.74 Å². The average Bonchev–Trinajstić information content (AvgIpc) is 2.16. The van der Waals surface area contributed by atoms with Gasteiger partial charge in [0.25, 0.3) is 10.1 Å². The Morgan fingerprint density at radius 1 is 1.32 bits per heavy atom. The summed E-state index contributed by atoms with van der Waals surface area (Å²) in [5.41, 5.74) is 0.310. The maximum absolute atomic E-state index is 12.0. The second-order valence-electron chi connectivity index (χ2n) is 3.68. The molecule has 1 aromatic carbocycles. The molecule has 1 rings (SSSR count). The van der Waals surface area contributed by atoms with Crippen LogP contribution in [0.4, 0.5) is 13.2 Å². The number of halogens is 4. The van der Waals surface area contributed by atoms with Gasteiger partial charge in [0.05, 0.1) is 17.4 Å². The Hall–Kier alpha value is -0.990. The highest BCUT2D eigenvalue weighted by Crippen LogP contribution is 2.33. The Balaban J connectivity index is 2.94. The highest BCUT2D eigenvalue weighted by Gasteiger charge is 2.32. The summed E-state index contributed by atoms with van der Waals surface area (Å²) in [7, 11) is -3.68. The molecule has 0 aromatic heterocycles. The van der Waals surface area contributed by atoms with E-state index >= 15 is 0 Å². The molecule has 0 fully saturated rings. The first-order valence-electron chi connectivity index (χ1n) is 4.91. The van der Waals surface area contributed by atoms with Gasteiger partial charge in [-0.25, -0.2) is 0 Å². The summed E-state index contributed by atoms with van der Waals surface area (Å²) >= 11 is 5.62. The molecule has 1 atom stereocenters. The average molecular weight is 319 g/mol. The number of alkyl halides is 3. The Morgan fingerprint density at radius 3 is 2.32 bits per heavy atom. The molecule has 0 saturated heterocycles. The molecular formula is C10H10ClF3O4S. The van der Waals surface area contributed by atoms with Crippen LogP contribution in [0.5, 0.6) is 5.75 Å². The minimum atomic E-state index is -4.85. The molecule has 9 heteroatoms. The third kappa shape index (κ3) is 5.66. The Bertz CT molecular complexity index is 556. The second-order valence-corrected chi connectivity index (χ2v) is 5.69. The van der Waals surface area contributed by atoms with Gasteiger partial charge in [-0.15, -0.1) is 13.2 Å². The fourth-order valence-electron chi connectivity index (χ4n) is 1.30. The summed E-state index contributed by atoms with van der Waals surface area (Å²) in [4.78, 5) is 0. The lowest BCUT2D eigenvalue weighted by Gasteiger charge is -2.14. The third-order valence-electron chi connectivity index (χ3n) is 1.97. The molecule has 108 valence electrons. The van der Waals surface area contributed by atoms with Crippen molar-refractivity contribution in [3.63, 3.8) is 0 Å². The second kappa shape index (κ2) is 5.56. The van der Waals surface area contributed by atoms with Gasteiger partial charge in [0.1, 0.15) is 5.75 Å². The van der Waals surface area contributed by atoms with Crippen LogP contribution in [0, 0.1) is 0 Å². The largest absolute Gasteiger partial charge is 0.573 e. The number of benzene rings is 1. The van der Waals surface area contributed by atoms with E-state index in [0.717, 1.165) is 18.4 Å². The minimum absolute atomic E-state index is 0.293. The van der Waals surface area contributed by atoms with Crippen molar-refractivity contribution in [2.24, 2.45) is 0 Å². The standard InChI is InChI=1S/C10H10ClF3O4S/c1-6(18-19(2,15)16)7-3-4-9(8(11)5-7)17-10(12,13)14/h3-6H,1-2H3. The van der Waals surface area contributed by atoms with E-state index in [2.05, 4.69) is 8.92 Å². The molecular weight excluding hydrogens is 309 g/mol. The van der Waals surface area contributed by atoms with Gasteiger partial charge in [-0.3, -0.25) is 4.18 Å². The van der Waals surface area contributed by atoms with Gasteiger partial charge in [0.15, 0.2) is 0 Å². The first-order chi connectivity index (χ1) is 8.48. The zero-order valence-electron chi connectivity index (χ0n) is 9.86. The van der Waals surface area contributed by atoms with Crippen molar-refractivity contribution >= 4 is 21.7 Å². The van der Waals surface area contributed by atoms with Crippen molar-refractivity contribution in [1.29, 1.82) is 0 Å². The van der Waals surface area contributed by atoms with Crippen molar-refractivity contribution in [1.82, 2.24) is 0 Å². The first kappa shape index (κ1) is 16.1.